The Morgan fingerprint density at radius 3 is 0.984 bits per heavy atom. The highest BCUT2D eigenvalue weighted by atomic mass is 16.6. The van der Waals surface area contributed by atoms with Crippen LogP contribution >= 0.6 is 0 Å². The van der Waals surface area contributed by atoms with Crippen LogP contribution < -0.4 is 0 Å². The maximum absolute atomic E-state index is 12.8. The Balaban J connectivity index is 4.40. The van der Waals surface area contributed by atoms with E-state index in [-0.39, 0.29) is 37.5 Å². The van der Waals surface area contributed by atoms with Crippen molar-refractivity contribution in [1.29, 1.82) is 0 Å². The third kappa shape index (κ3) is 48.4. The van der Waals surface area contributed by atoms with E-state index in [1.807, 2.05) is 0 Å². The van der Waals surface area contributed by atoms with Gasteiger partial charge in [0, 0.05) is 19.3 Å². The number of carbonyl (C=O) groups is 3. The number of rotatable bonds is 48. The van der Waals surface area contributed by atoms with Gasteiger partial charge < -0.3 is 14.2 Å². The Morgan fingerprint density at radius 1 is 0.339 bits per heavy atom. The summed E-state index contributed by atoms with van der Waals surface area (Å²) in [5.41, 5.74) is 0. The molecule has 0 aromatic rings. The number of esters is 3. The molecule has 0 heterocycles. The van der Waals surface area contributed by atoms with Crippen LogP contribution in [0.4, 0.5) is 0 Å². The van der Waals surface area contributed by atoms with Gasteiger partial charge in [0.15, 0.2) is 6.10 Å². The zero-order valence-electron chi connectivity index (χ0n) is 41.1. The highest BCUT2D eigenvalue weighted by Gasteiger charge is 2.19. The summed E-state index contributed by atoms with van der Waals surface area (Å²) in [5.74, 6) is -0.916. The number of allylic oxidation sites excluding steroid dienone is 8. The van der Waals surface area contributed by atoms with Crippen LogP contribution in [0.1, 0.15) is 271 Å². The van der Waals surface area contributed by atoms with Crippen LogP contribution in [-0.2, 0) is 28.6 Å². The van der Waals surface area contributed by atoms with Gasteiger partial charge in [-0.15, -0.1) is 0 Å². The van der Waals surface area contributed by atoms with Crippen LogP contribution in [0.5, 0.6) is 0 Å². The van der Waals surface area contributed by atoms with E-state index in [4.69, 9.17) is 14.2 Å². The largest absolute Gasteiger partial charge is 0.462 e. The Kier molecular flexibility index (Phi) is 48.8. The van der Waals surface area contributed by atoms with Crippen LogP contribution in [0.2, 0.25) is 0 Å². The van der Waals surface area contributed by atoms with Crippen molar-refractivity contribution in [3.8, 4) is 0 Å². The molecule has 0 aliphatic heterocycles. The van der Waals surface area contributed by atoms with Crippen molar-refractivity contribution in [3.05, 3.63) is 48.6 Å². The predicted octanol–water partition coefficient (Wildman–Crippen LogP) is 17.5. The molecule has 0 amide bonds. The molecule has 1 atom stereocenters. The minimum absolute atomic E-state index is 0.0859. The first-order valence-electron chi connectivity index (χ1n) is 26.6. The average Bonchev–Trinajstić information content (AvgIpc) is 3.27. The minimum atomic E-state index is -0.790. The third-order valence-electron chi connectivity index (χ3n) is 11.6. The van der Waals surface area contributed by atoms with Gasteiger partial charge in [-0.1, -0.05) is 243 Å². The lowest BCUT2D eigenvalue weighted by Crippen LogP contribution is -2.30. The molecular weight excluding hydrogens is 769 g/mol. The first-order chi connectivity index (χ1) is 30.5. The summed E-state index contributed by atoms with van der Waals surface area (Å²) in [4.78, 5) is 38.0. The quantitative estimate of drug-likeness (QED) is 0.0262. The lowest BCUT2D eigenvalue weighted by molar-refractivity contribution is -0.167. The van der Waals surface area contributed by atoms with Gasteiger partial charge in [-0.25, -0.2) is 0 Å². The monoisotopic (exact) mass is 869 g/mol. The highest BCUT2D eigenvalue weighted by Crippen LogP contribution is 2.16. The normalized spacial score (nSPS) is 12.4. The molecule has 0 aromatic heterocycles. The molecule has 6 nitrogen and oxygen atoms in total. The molecule has 0 rings (SSSR count). The summed E-state index contributed by atoms with van der Waals surface area (Å²) in [6.07, 6.45) is 61.0. The number of unbranched alkanes of at least 4 members (excludes halogenated alkanes) is 29. The summed E-state index contributed by atoms with van der Waals surface area (Å²) in [5, 5.41) is 0. The zero-order chi connectivity index (χ0) is 45.1. The smallest absolute Gasteiger partial charge is 0.306 e. The van der Waals surface area contributed by atoms with Gasteiger partial charge in [-0.3, -0.25) is 14.4 Å². The predicted molar refractivity (Wildman–Crippen MR) is 265 cm³/mol. The minimum Gasteiger partial charge on any atom is -0.462 e. The summed E-state index contributed by atoms with van der Waals surface area (Å²) in [6.45, 7) is 6.51. The topological polar surface area (TPSA) is 78.9 Å². The second-order valence-electron chi connectivity index (χ2n) is 17.8. The molecular formula is C56H100O6. The molecule has 62 heavy (non-hydrogen) atoms. The molecule has 0 spiro atoms. The lowest BCUT2D eigenvalue weighted by atomic mass is 10.0. The van der Waals surface area contributed by atoms with Crippen molar-refractivity contribution in [2.45, 2.75) is 277 Å². The number of carbonyl (C=O) groups excluding carboxylic acids is 3. The van der Waals surface area contributed by atoms with Gasteiger partial charge >= 0.3 is 17.9 Å². The van der Waals surface area contributed by atoms with Crippen molar-refractivity contribution in [3.63, 3.8) is 0 Å². The molecule has 0 radical (unpaired) electrons. The SMILES string of the molecule is CC/C=C\C/C=C\C/C=C\C/C=C\CCCCC(=O)OC(COC(=O)CCCCCCCCCCCCCCC)COC(=O)CCCCCCCCCCCCCCCCCC. The standard InChI is InChI=1S/C56H100O6/c1-4-7-10-13-16-19-22-25-27-29-31-34-37-40-43-46-49-55(58)61-52-53(51-60-54(57)48-45-42-39-36-33-30-24-21-18-15-12-9-6-3)62-56(59)50-47-44-41-38-35-32-28-26-23-20-17-14-11-8-5-2/h8,11,17,20,26,28,35,38,53H,4-7,9-10,12-16,18-19,21-25,27,29-34,36-37,39-52H2,1-3H3/b11-8-,20-17-,28-26-,38-35-. The van der Waals surface area contributed by atoms with Crippen molar-refractivity contribution in [1.82, 2.24) is 0 Å². The van der Waals surface area contributed by atoms with Gasteiger partial charge in [-0.2, -0.15) is 0 Å². The fraction of sp³-hybridized carbons (Fsp3) is 0.804. The Labute approximate surface area is 384 Å². The first kappa shape index (κ1) is 59.4. The van der Waals surface area contributed by atoms with E-state index in [9.17, 15) is 14.4 Å². The van der Waals surface area contributed by atoms with Crippen LogP contribution in [0.25, 0.3) is 0 Å². The summed E-state index contributed by atoms with van der Waals surface area (Å²) >= 11 is 0. The molecule has 0 bridgehead atoms. The molecule has 0 N–H and O–H groups in total. The zero-order valence-corrected chi connectivity index (χ0v) is 41.1. The van der Waals surface area contributed by atoms with Crippen LogP contribution in [0, 0.1) is 0 Å². The van der Waals surface area contributed by atoms with Crippen molar-refractivity contribution < 1.29 is 28.6 Å². The molecule has 0 aliphatic carbocycles. The van der Waals surface area contributed by atoms with Gasteiger partial charge in [0.2, 0.25) is 0 Å². The van der Waals surface area contributed by atoms with Crippen LogP contribution in [-0.4, -0.2) is 37.2 Å². The van der Waals surface area contributed by atoms with Crippen molar-refractivity contribution >= 4 is 17.9 Å². The van der Waals surface area contributed by atoms with Gasteiger partial charge in [-0.05, 0) is 57.8 Å². The summed E-state index contributed by atoms with van der Waals surface area (Å²) < 4.78 is 16.8. The first-order valence-corrected chi connectivity index (χ1v) is 26.6. The molecule has 0 saturated carbocycles. The van der Waals surface area contributed by atoms with E-state index < -0.39 is 6.10 Å². The number of ether oxygens (including phenoxy) is 3. The van der Waals surface area contributed by atoms with E-state index in [1.165, 1.54) is 148 Å². The van der Waals surface area contributed by atoms with Gasteiger partial charge in [0.25, 0.3) is 0 Å². The van der Waals surface area contributed by atoms with Crippen LogP contribution in [0.15, 0.2) is 48.6 Å². The second kappa shape index (κ2) is 51.0. The Bertz CT molecular complexity index is 1090. The highest BCUT2D eigenvalue weighted by molar-refractivity contribution is 5.71. The Morgan fingerprint density at radius 2 is 0.629 bits per heavy atom. The fourth-order valence-corrected chi connectivity index (χ4v) is 7.61. The number of hydrogen-bond donors (Lipinski definition) is 0. The maximum atomic E-state index is 12.8. The summed E-state index contributed by atoms with van der Waals surface area (Å²) in [7, 11) is 0. The fourth-order valence-electron chi connectivity index (χ4n) is 7.61. The van der Waals surface area contributed by atoms with Crippen molar-refractivity contribution in [2.24, 2.45) is 0 Å². The number of hydrogen-bond acceptors (Lipinski definition) is 6. The molecule has 0 aromatic carbocycles. The Hall–Kier alpha value is -2.63. The molecule has 360 valence electrons. The van der Waals surface area contributed by atoms with E-state index in [0.29, 0.717) is 19.3 Å². The molecule has 0 saturated heterocycles. The van der Waals surface area contributed by atoms with Gasteiger partial charge in [0.1, 0.15) is 13.2 Å². The average molecular weight is 869 g/mol. The lowest BCUT2D eigenvalue weighted by Gasteiger charge is -2.18. The van der Waals surface area contributed by atoms with E-state index in [0.717, 1.165) is 77.0 Å². The maximum Gasteiger partial charge on any atom is 0.306 e. The van der Waals surface area contributed by atoms with E-state index in [2.05, 4.69) is 69.4 Å². The molecule has 0 fully saturated rings. The third-order valence-corrected chi connectivity index (χ3v) is 11.6. The van der Waals surface area contributed by atoms with E-state index >= 15 is 0 Å². The van der Waals surface area contributed by atoms with E-state index in [1.54, 1.807) is 0 Å². The van der Waals surface area contributed by atoms with Crippen molar-refractivity contribution in [2.75, 3.05) is 13.2 Å². The second-order valence-corrected chi connectivity index (χ2v) is 17.8. The molecule has 6 heteroatoms. The molecule has 1 unspecified atom stereocenters. The molecule has 0 aliphatic rings. The van der Waals surface area contributed by atoms with Crippen LogP contribution in [0.3, 0.4) is 0 Å². The van der Waals surface area contributed by atoms with Gasteiger partial charge in [0.05, 0.1) is 0 Å². The summed E-state index contributed by atoms with van der Waals surface area (Å²) in [6, 6.07) is 0.